The number of carbonyl (C=O) groups excluding carboxylic acids is 2. The van der Waals surface area contributed by atoms with Gasteiger partial charge in [-0.1, -0.05) is 31.5 Å². The first-order chi connectivity index (χ1) is 13.0. The average Bonchev–Trinajstić information content (AvgIpc) is 2.68. The monoisotopic (exact) mass is 367 g/mol. The van der Waals surface area contributed by atoms with Crippen molar-refractivity contribution in [3.8, 4) is 0 Å². The number of anilines is 2. The molecule has 0 fully saturated rings. The van der Waals surface area contributed by atoms with Gasteiger partial charge in [0.15, 0.2) is 0 Å². The predicted molar refractivity (Wildman–Crippen MR) is 111 cm³/mol. The van der Waals surface area contributed by atoms with E-state index in [0.717, 1.165) is 42.9 Å². The van der Waals surface area contributed by atoms with Crippen molar-refractivity contribution in [3.05, 3.63) is 59.7 Å². The van der Waals surface area contributed by atoms with E-state index >= 15 is 0 Å². The number of carbonyl (C=O) groups is 2. The molecule has 0 aliphatic rings. The Balaban J connectivity index is 1.88. The van der Waals surface area contributed by atoms with E-state index in [1.165, 1.54) is 0 Å². The summed E-state index contributed by atoms with van der Waals surface area (Å²) >= 11 is 0. The Morgan fingerprint density at radius 3 is 1.96 bits per heavy atom. The van der Waals surface area contributed by atoms with Gasteiger partial charge in [0.05, 0.1) is 6.54 Å². The lowest BCUT2D eigenvalue weighted by atomic mass is 10.1. The van der Waals surface area contributed by atoms with Crippen molar-refractivity contribution >= 4 is 23.2 Å². The summed E-state index contributed by atoms with van der Waals surface area (Å²) in [5.41, 5.74) is 3.41. The molecule has 0 aliphatic heterocycles. The molecule has 0 unspecified atom stereocenters. The fraction of sp³-hybridized carbons (Fsp3) is 0.364. The zero-order valence-electron chi connectivity index (χ0n) is 16.4. The van der Waals surface area contributed by atoms with Crippen molar-refractivity contribution in [2.75, 3.05) is 30.3 Å². The summed E-state index contributed by atoms with van der Waals surface area (Å²) in [5.74, 6) is -0.0570. The minimum Gasteiger partial charge on any atom is -0.376 e. The second-order valence-corrected chi connectivity index (χ2v) is 6.64. The second-order valence-electron chi connectivity index (χ2n) is 6.64. The summed E-state index contributed by atoms with van der Waals surface area (Å²) in [6.07, 6.45) is 1.89. The molecule has 0 bridgehead atoms. The summed E-state index contributed by atoms with van der Waals surface area (Å²) in [4.78, 5) is 26.5. The Labute approximate surface area is 161 Å². The lowest BCUT2D eigenvalue weighted by molar-refractivity contribution is -0.114. The Bertz CT molecular complexity index is 733. The van der Waals surface area contributed by atoms with Crippen LogP contribution in [-0.4, -0.2) is 36.3 Å². The molecule has 0 heterocycles. The number of nitrogens with one attached hydrogen (secondary N) is 2. The van der Waals surface area contributed by atoms with Crippen LogP contribution in [0.2, 0.25) is 0 Å². The third-order valence-corrected chi connectivity index (χ3v) is 4.19. The first-order valence-electron chi connectivity index (χ1n) is 9.53. The minimum absolute atomic E-state index is 0.0577. The van der Waals surface area contributed by atoms with E-state index in [4.69, 9.17) is 0 Å². The largest absolute Gasteiger partial charge is 0.376 e. The van der Waals surface area contributed by atoms with Gasteiger partial charge in [0, 0.05) is 30.0 Å². The van der Waals surface area contributed by atoms with Gasteiger partial charge < -0.3 is 15.5 Å². The van der Waals surface area contributed by atoms with Crippen LogP contribution in [0.3, 0.4) is 0 Å². The zero-order chi connectivity index (χ0) is 19.6. The highest BCUT2D eigenvalue weighted by Gasteiger charge is 2.14. The van der Waals surface area contributed by atoms with Crippen LogP contribution in [0.15, 0.2) is 48.5 Å². The fourth-order valence-electron chi connectivity index (χ4n) is 2.79. The predicted octanol–water partition coefficient (Wildman–Crippen LogP) is 4.31. The van der Waals surface area contributed by atoms with Crippen LogP contribution in [-0.2, 0) is 4.79 Å². The topological polar surface area (TPSA) is 61.4 Å². The zero-order valence-corrected chi connectivity index (χ0v) is 16.4. The number of hydrogen-bond donors (Lipinski definition) is 2. The Kier molecular flexibility index (Phi) is 7.86. The van der Waals surface area contributed by atoms with Crippen LogP contribution in [0.25, 0.3) is 0 Å². The van der Waals surface area contributed by atoms with Crippen LogP contribution in [0.1, 0.15) is 42.6 Å². The molecule has 5 nitrogen and oxygen atoms in total. The average molecular weight is 367 g/mol. The molecule has 2 N–H and O–H groups in total. The molecule has 5 heteroatoms. The molecule has 0 spiro atoms. The lowest BCUT2D eigenvalue weighted by Crippen LogP contribution is -2.32. The SMILES string of the molecule is CCCN(CCC)C(=O)c1ccc(NCC(=O)Nc2ccc(C)cc2)cc1. The first-order valence-corrected chi connectivity index (χ1v) is 9.53. The fourth-order valence-corrected chi connectivity index (χ4v) is 2.79. The normalized spacial score (nSPS) is 10.3. The number of hydrogen-bond acceptors (Lipinski definition) is 3. The van der Waals surface area contributed by atoms with E-state index in [1.807, 2.05) is 48.2 Å². The maximum atomic E-state index is 12.6. The highest BCUT2D eigenvalue weighted by molar-refractivity contribution is 5.95. The van der Waals surface area contributed by atoms with Gasteiger partial charge in [0.25, 0.3) is 5.91 Å². The Morgan fingerprint density at radius 1 is 0.852 bits per heavy atom. The third-order valence-electron chi connectivity index (χ3n) is 4.19. The van der Waals surface area contributed by atoms with Gasteiger partial charge in [-0.3, -0.25) is 9.59 Å². The van der Waals surface area contributed by atoms with E-state index in [2.05, 4.69) is 24.5 Å². The number of amides is 2. The minimum atomic E-state index is -0.115. The summed E-state index contributed by atoms with van der Waals surface area (Å²) in [6.45, 7) is 7.86. The highest BCUT2D eigenvalue weighted by atomic mass is 16.2. The highest BCUT2D eigenvalue weighted by Crippen LogP contribution is 2.13. The first kappa shape index (κ1) is 20.5. The van der Waals surface area contributed by atoms with E-state index in [1.54, 1.807) is 12.1 Å². The Hall–Kier alpha value is -2.82. The van der Waals surface area contributed by atoms with Crippen LogP contribution >= 0.6 is 0 Å². The van der Waals surface area contributed by atoms with E-state index in [-0.39, 0.29) is 18.4 Å². The molecule has 0 saturated heterocycles. The molecule has 0 radical (unpaired) electrons. The molecule has 2 rings (SSSR count). The standard InChI is InChI=1S/C22H29N3O2/c1-4-14-25(15-5-2)22(27)18-8-12-19(13-9-18)23-16-21(26)24-20-10-6-17(3)7-11-20/h6-13,23H,4-5,14-16H2,1-3H3,(H,24,26). The van der Waals surface area contributed by atoms with Crippen LogP contribution < -0.4 is 10.6 Å². The van der Waals surface area contributed by atoms with E-state index in [9.17, 15) is 9.59 Å². The third kappa shape index (κ3) is 6.44. The van der Waals surface area contributed by atoms with Crippen molar-refractivity contribution < 1.29 is 9.59 Å². The van der Waals surface area contributed by atoms with Gasteiger partial charge in [0.1, 0.15) is 0 Å². The number of rotatable bonds is 9. The molecule has 2 aromatic rings. The number of aryl methyl sites for hydroxylation is 1. The smallest absolute Gasteiger partial charge is 0.253 e. The van der Waals surface area contributed by atoms with Crippen LogP contribution in [0.5, 0.6) is 0 Å². The number of benzene rings is 2. The van der Waals surface area contributed by atoms with Crippen molar-refractivity contribution in [2.45, 2.75) is 33.6 Å². The van der Waals surface area contributed by atoms with Gasteiger partial charge in [-0.2, -0.15) is 0 Å². The summed E-state index contributed by atoms with van der Waals surface area (Å²) in [6, 6.07) is 15.0. The van der Waals surface area contributed by atoms with Crippen molar-refractivity contribution in [1.29, 1.82) is 0 Å². The van der Waals surface area contributed by atoms with Crippen molar-refractivity contribution in [2.24, 2.45) is 0 Å². The molecule has 0 aromatic heterocycles. The molecule has 144 valence electrons. The number of nitrogens with zero attached hydrogens (tertiary/aromatic N) is 1. The molecule has 0 aliphatic carbocycles. The molecular weight excluding hydrogens is 338 g/mol. The molecule has 27 heavy (non-hydrogen) atoms. The van der Waals surface area contributed by atoms with Crippen LogP contribution in [0.4, 0.5) is 11.4 Å². The van der Waals surface area contributed by atoms with E-state index < -0.39 is 0 Å². The quantitative estimate of drug-likeness (QED) is 0.694. The maximum absolute atomic E-state index is 12.6. The van der Waals surface area contributed by atoms with Gasteiger partial charge in [-0.15, -0.1) is 0 Å². The molecule has 0 atom stereocenters. The van der Waals surface area contributed by atoms with Crippen LogP contribution in [0, 0.1) is 6.92 Å². The van der Waals surface area contributed by atoms with Gasteiger partial charge in [-0.25, -0.2) is 0 Å². The molecule has 2 aromatic carbocycles. The van der Waals surface area contributed by atoms with Gasteiger partial charge in [0.2, 0.25) is 5.91 Å². The molecular formula is C22H29N3O2. The van der Waals surface area contributed by atoms with Gasteiger partial charge >= 0.3 is 0 Å². The lowest BCUT2D eigenvalue weighted by Gasteiger charge is -2.21. The molecule has 2 amide bonds. The summed E-state index contributed by atoms with van der Waals surface area (Å²) < 4.78 is 0. The molecule has 0 saturated carbocycles. The van der Waals surface area contributed by atoms with E-state index in [0.29, 0.717) is 5.56 Å². The summed E-state index contributed by atoms with van der Waals surface area (Å²) in [7, 11) is 0. The Morgan fingerprint density at radius 2 is 1.41 bits per heavy atom. The van der Waals surface area contributed by atoms with Crippen molar-refractivity contribution in [3.63, 3.8) is 0 Å². The maximum Gasteiger partial charge on any atom is 0.253 e. The van der Waals surface area contributed by atoms with Gasteiger partial charge in [-0.05, 0) is 56.2 Å². The van der Waals surface area contributed by atoms with Crippen molar-refractivity contribution in [1.82, 2.24) is 4.90 Å². The second kappa shape index (κ2) is 10.4. The summed E-state index contributed by atoms with van der Waals surface area (Å²) in [5, 5.41) is 5.93.